The van der Waals surface area contributed by atoms with E-state index in [-0.39, 0.29) is 0 Å². The lowest BCUT2D eigenvalue weighted by molar-refractivity contribution is 0.353. The van der Waals surface area contributed by atoms with Gasteiger partial charge in [0.2, 0.25) is 0 Å². The fourth-order valence-corrected chi connectivity index (χ4v) is 1.58. The molecule has 0 fully saturated rings. The van der Waals surface area contributed by atoms with E-state index in [4.69, 9.17) is 0 Å². The number of nitrogens with zero attached hydrogens (tertiary/aromatic N) is 2. The van der Waals surface area contributed by atoms with Crippen LogP contribution in [-0.4, -0.2) is 17.7 Å². The Hall–Kier alpha value is -1.31. The third kappa shape index (κ3) is 2.58. The normalized spacial score (nSPS) is 21.1. The van der Waals surface area contributed by atoms with Crippen LogP contribution in [-0.2, 0) is 0 Å². The average Bonchev–Trinajstić information content (AvgIpc) is 2.26. The Morgan fingerprint density at radius 3 is 2.73 bits per heavy atom. The van der Waals surface area contributed by atoms with Gasteiger partial charge < -0.3 is 4.90 Å². The summed E-state index contributed by atoms with van der Waals surface area (Å²) in [5, 5.41) is 0. The van der Waals surface area contributed by atoms with Gasteiger partial charge in [-0.2, -0.15) is 0 Å². The first-order valence-corrected chi connectivity index (χ1v) is 5.42. The molecule has 2 nitrogen and oxygen atoms in total. The standard InChI is InChI=1S/C13H20N2/c1-6-11(3)15-9-10(2)7-8-13(15)12(4)14-5/h7-9,11H,5-6H2,1-4H3/b13-12-/t11-/m1/s1. The van der Waals surface area contributed by atoms with Gasteiger partial charge in [-0.25, -0.2) is 0 Å². The first-order chi connectivity index (χ1) is 7.10. The van der Waals surface area contributed by atoms with E-state index in [0.29, 0.717) is 6.04 Å². The molecule has 15 heavy (non-hydrogen) atoms. The van der Waals surface area contributed by atoms with Gasteiger partial charge in [-0.1, -0.05) is 13.0 Å². The van der Waals surface area contributed by atoms with E-state index in [9.17, 15) is 0 Å². The summed E-state index contributed by atoms with van der Waals surface area (Å²) in [6, 6.07) is 0.497. The Bertz CT molecular complexity index is 334. The van der Waals surface area contributed by atoms with Crippen molar-refractivity contribution in [3.63, 3.8) is 0 Å². The van der Waals surface area contributed by atoms with Crippen molar-refractivity contribution in [1.29, 1.82) is 0 Å². The van der Waals surface area contributed by atoms with Crippen molar-refractivity contribution in [1.82, 2.24) is 4.90 Å². The van der Waals surface area contributed by atoms with Crippen molar-refractivity contribution in [2.75, 3.05) is 0 Å². The highest BCUT2D eigenvalue weighted by Crippen LogP contribution is 2.23. The van der Waals surface area contributed by atoms with Crippen molar-refractivity contribution in [3.8, 4) is 0 Å². The zero-order valence-corrected chi connectivity index (χ0v) is 10.1. The first-order valence-electron chi connectivity index (χ1n) is 5.42. The average molecular weight is 204 g/mol. The van der Waals surface area contributed by atoms with Crippen LogP contribution in [0.25, 0.3) is 0 Å². The summed E-state index contributed by atoms with van der Waals surface area (Å²) >= 11 is 0. The Balaban J connectivity index is 3.08. The summed E-state index contributed by atoms with van der Waals surface area (Å²) in [4.78, 5) is 6.29. The molecule has 0 aromatic rings. The monoisotopic (exact) mass is 204 g/mol. The smallest absolute Gasteiger partial charge is 0.0624 e. The molecule has 0 N–H and O–H groups in total. The number of aliphatic imine (C=N–C) groups is 1. The fraction of sp³-hybridized carbons (Fsp3) is 0.462. The van der Waals surface area contributed by atoms with E-state index in [1.165, 1.54) is 5.57 Å². The van der Waals surface area contributed by atoms with Gasteiger partial charge >= 0.3 is 0 Å². The SMILES string of the molecule is C=N/C(C)=C1/C=CC(C)=CN1[C@H](C)CC. The molecule has 0 aromatic carbocycles. The van der Waals surface area contributed by atoms with Crippen molar-refractivity contribution >= 4 is 6.72 Å². The molecule has 1 heterocycles. The van der Waals surface area contributed by atoms with Crippen LogP contribution in [0.3, 0.4) is 0 Å². The van der Waals surface area contributed by atoms with Crippen LogP contribution >= 0.6 is 0 Å². The van der Waals surface area contributed by atoms with Gasteiger partial charge in [0, 0.05) is 12.2 Å². The zero-order valence-electron chi connectivity index (χ0n) is 10.1. The lowest BCUT2D eigenvalue weighted by atomic mass is 10.1. The minimum absolute atomic E-state index is 0.497. The predicted octanol–water partition coefficient (Wildman–Crippen LogP) is 3.49. The highest BCUT2D eigenvalue weighted by Gasteiger charge is 2.16. The molecule has 0 aromatic heterocycles. The molecule has 0 amide bonds. The van der Waals surface area contributed by atoms with Crippen LogP contribution in [0.15, 0.2) is 40.3 Å². The maximum absolute atomic E-state index is 4.01. The van der Waals surface area contributed by atoms with Crippen molar-refractivity contribution in [2.45, 2.75) is 40.2 Å². The van der Waals surface area contributed by atoms with Gasteiger partial charge in [-0.3, -0.25) is 4.99 Å². The van der Waals surface area contributed by atoms with E-state index in [1.54, 1.807) is 0 Å². The molecule has 0 saturated carbocycles. The summed E-state index contributed by atoms with van der Waals surface area (Å²) in [5.74, 6) is 0. The Labute approximate surface area is 92.7 Å². The van der Waals surface area contributed by atoms with Crippen molar-refractivity contribution in [3.05, 3.63) is 35.3 Å². The summed E-state index contributed by atoms with van der Waals surface area (Å²) in [6.45, 7) is 12.1. The third-order valence-corrected chi connectivity index (χ3v) is 2.80. The summed E-state index contributed by atoms with van der Waals surface area (Å²) in [6.07, 6.45) is 7.53. The van der Waals surface area contributed by atoms with E-state index >= 15 is 0 Å². The van der Waals surface area contributed by atoms with Gasteiger partial charge in [0.25, 0.3) is 0 Å². The lowest BCUT2D eigenvalue weighted by Gasteiger charge is -2.31. The summed E-state index contributed by atoms with van der Waals surface area (Å²) in [7, 11) is 0. The number of hydrogen-bond donors (Lipinski definition) is 0. The van der Waals surface area contributed by atoms with Crippen LogP contribution in [0, 0.1) is 0 Å². The van der Waals surface area contributed by atoms with Crippen molar-refractivity contribution < 1.29 is 0 Å². The molecule has 1 rings (SSSR count). The molecule has 0 bridgehead atoms. The molecular formula is C13H20N2. The minimum atomic E-state index is 0.497. The van der Waals surface area contributed by atoms with Crippen molar-refractivity contribution in [2.24, 2.45) is 4.99 Å². The Morgan fingerprint density at radius 1 is 1.53 bits per heavy atom. The summed E-state index contributed by atoms with van der Waals surface area (Å²) in [5.41, 5.74) is 3.41. The fourth-order valence-electron chi connectivity index (χ4n) is 1.58. The molecule has 1 aliphatic rings. The highest BCUT2D eigenvalue weighted by atomic mass is 15.2. The van der Waals surface area contributed by atoms with Crippen LogP contribution in [0.1, 0.15) is 34.1 Å². The number of allylic oxidation sites excluding steroid dienone is 4. The summed E-state index contributed by atoms with van der Waals surface area (Å²) < 4.78 is 0. The van der Waals surface area contributed by atoms with Gasteiger partial charge in [0.1, 0.15) is 0 Å². The maximum Gasteiger partial charge on any atom is 0.0624 e. The highest BCUT2D eigenvalue weighted by molar-refractivity contribution is 5.38. The first kappa shape index (κ1) is 11.8. The van der Waals surface area contributed by atoms with E-state index in [0.717, 1.165) is 17.8 Å². The quantitative estimate of drug-likeness (QED) is 0.642. The second-order valence-corrected chi connectivity index (χ2v) is 4.00. The predicted molar refractivity (Wildman–Crippen MR) is 66.7 cm³/mol. The molecular weight excluding hydrogens is 184 g/mol. The molecule has 0 spiro atoms. The maximum atomic E-state index is 4.01. The molecule has 0 aliphatic carbocycles. The largest absolute Gasteiger partial charge is 0.343 e. The number of rotatable bonds is 3. The van der Waals surface area contributed by atoms with E-state index in [1.807, 2.05) is 6.92 Å². The zero-order chi connectivity index (χ0) is 11.4. The molecule has 82 valence electrons. The van der Waals surface area contributed by atoms with Crippen LogP contribution < -0.4 is 0 Å². The van der Waals surface area contributed by atoms with Gasteiger partial charge in [-0.15, -0.1) is 0 Å². The molecule has 1 aliphatic heterocycles. The van der Waals surface area contributed by atoms with Crippen LogP contribution in [0.2, 0.25) is 0 Å². The van der Waals surface area contributed by atoms with E-state index < -0.39 is 0 Å². The topological polar surface area (TPSA) is 15.6 Å². The van der Waals surface area contributed by atoms with Gasteiger partial charge in [0.05, 0.1) is 11.4 Å². The molecule has 0 saturated heterocycles. The van der Waals surface area contributed by atoms with Gasteiger partial charge in [0.15, 0.2) is 0 Å². The van der Waals surface area contributed by atoms with E-state index in [2.05, 4.69) is 55.7 Å². The molecule has 2 heteroatoms. The molecule has 1 atom stereocenters. The number of hydrogen-bond acceptors (Lipinski definition) is 2. The lowest BCUT2D eigenvalue weighted by Crippen LogP contribution is -2.28. The minimum Gasteiger partial charge on any atom is -0.343 e. The molecule has 0 unspecified atom stereocenters. The van der Waals surface area contributed by atoms with Crippen LogP contribution in [0.5, 0.6) is 0 Å². The third-order valence-electron chi connectivity index (χ3n) is 2.80. The Kier molecular flexibility index (Phi) is 3.89. The second-order valence-electron chi connectivity index (χ2n) is 4.00. The molecule has 0 radical (unpaired) electrons. The Morgan fingerprint density at radius 2 is 2.20 bits per heavy atom. The van der Waals surface area contributed by atoms with Crippen LogP contribution in [0.4, 0.5) is 0 Å². The second kappa shape index (κ2) is 4.96. The van der Waals surface area contributed by atoms with Gasteiger partial charge in [-0.05, 0) is 45.6 Å².